The van der Waals surface area contributed by atoms with Crippen LogP contribution >= 0.6 is 23.8 Å². The highest BCUT2D eigenvalue weighted by Gasteiger charge is 2.22. The molecule has 0 aliphatic rings. The molecule has 0 fully saturated rings. The minimum absolute atomic E-state index is 0.0343. The van der Waals surface area contributed by atoms with Gasteiger partial charge in [0.2, 0.25) is 0 Å². The van der Waals surface area contributed by atoms with Gasteiger partial charge in [-0.05, 0) is 79.2 Å². The van der Waals surface area contributed by atoms with Crippen molar-refractivity contribution in [1.82, 2.24) is 4.57 Å². The van der Waals surface area contributed by atoms with Gasteiger partial charge in [-0.1, -0.05) is 23.8 Å². The van der Waals surface area contributed by atoms with Gasteiger partial charge in [-0.25, -0.2) is 0 Å². The molecule has 0 aliphatic carbocycles. The number of rotatable bonds is 6. The van der Waals surface area contributed by atoms with E-state index in [1.54, 1.807) is 79.3 Å². The molecule has 1 heterocycles. The van der Waals surface area contributed by atoms with Crippen LogP contribution < -0.4 is 15.2 Å². The fourth-order valence-corrected chi connectivity index (χ4v) is 4.06. The maximum absolute atomic E-state index is 13.4. The van der Waals surface area contributed by atoms with E-state index in [0.717, 1.165) is 5.39 Å². The summed E-state index contributed by atoms with van der Waals surface area (Å²) in [4.78, 5) is 26.5. The highest BCUT2D eigenvalue weighted by molar-refractivity contribution is 7.80. The largest absolute Gasteiger partial charge is 0.497 e. The van der Waals surface area contributed by atoms with E-state index >= 15 is 0 Å². The number of benzene rings is 3. The molecular formula is C26H21ClN2O4S. The molecule has 0 unspecified atom stereocenters. The van der Waals surface area contributed by atoms with Crippen LogP contribution in [-0.2, 0) is 11.2 Å². The average molecular weight is 493 g/mol. The molecule has 172 valence electrons. The quantitative estimate of drug-likeness (QED) is 0.229. The Labute approximate surface area is 206 Å². The number of thiocarbonyl (C=S) groups is 1. The number of methoxy groups -OCH3 is 1. The summed E-state index contributed by atoms with van der Waals surface area (Å²) in [6.07, 6.45) is -0.0343. The second-order valence-electron chi connectivity index (χ2n) is 7.63. The number of carbonyl (C=O) groups is 2. The predicted octanol–water partition coefficient (Wildman–Crippen LogP) is 5.08. The molecule has 4 rings (SSSR count). The third-order valence-electron chi connectivity index (χ3n) is 5.53. The lowest BCUT2D eigenvalue weighted by Gasteiger charge is -2.08. The lowest BCUT2D eigenvalue weighted by molar-refractivity contribution is -0.133. The van der Waals surface area contributed by atoms with E-state index in [1.165, 1.54) is 0 Å². The van der Waals surface area contributed by atoms with Gasteiger partial charge in [0.25, 0.3) is 5.91 Å². The van der Waals surface area contributed by atoms with Crippen LogP contribution in [-0.4, -0.2) is 28.5 Å². The monoisotopic (exact) mass is 492 g/mol. The van der Waals surface area contributed by atoms with Crippen LogP contribution in [0, 0.1) is 6.92 Å². The number of fused-ring (bicyclic) bond motifs is 1. The first kappa shape index (κ1) is 23.5. The third kappa shape index (κ3) is 4.66. The molecule has 0 bridgehead atoms. The van der Waals surface area contributed by atoms with E-state index in [-0.39, 0.29) is 17.3 Å². The summed E-state index contributed by atoms with van der Waals surface area (Å²) >= 11 is 10.9. The minimum atomic E-state index is -0.466. The van der Waals surface area contributed by atoms with Crippen LogP contribution in [0.2, 0.25) is 5.02 Å². The Hall–Kier alpha value is -3.68. The van der Waals surface area contributed by atoms with Gasteiger partial charge >= 0.3 is 5.97 Å². The standard InChI is InChI=1S/C26H21ClN2O4S/c1-15-21(14-24(30)33-19-9-5-16(6-10-19)25(28)34)22-13-20(32-2)11-12-23(22)29(15)26(31)17-3-7-18(27)8-4-17/h3-13H,14H2,1-2H3,(H2,28,34). The Kier molecular flexibility index (Phi) is 6.68. The summed E-state index contributed by atoms with van der Waals surface area (Å²) in [5.41, 5.74) is 8.77. The van der Waals surface area contributed by atoms with Gasteiger partial charge in [0, 0.05) is 27.2 Å². The van der Waals surface area contributed by atoms with Gasteiger partial charge in [-0.2, -0.15) is 0 Å². The summed E-state index contributed by atoms with van der Waals surface area (Å²) in [6.45, 7) is 1.81. The second kappa shape index (κ2) is 9.67. The molecule has 0 aliphatic heterocycles. The average Bonchev–Trinajstić information content (AvgIpc) is 3.09. The summed E-state index contributed by atoms with van der Waals surface area (Å²) in [5, 5.41) is 1.28. The lowest BCUT2D eigenvalue weighted by atomic mass is 10.1. The molecule has 4 aromatic rings. The Morgan fingerprint density at radius 3 is 2.21 bits per heavy atom. The third-order valence-corrected chi connectivity index (χ3v) is 6.02. The maximum Gasteiger partial charge on any atom is 0.315 e. The number of ether oxygens (including phenoxy) is 2. The Morgan fingerprint density at radius 1 is 0.971 bits per heavy atom. The summed E-state index contributed by atoms with van der Waals surface area (Å²) in [6, 6.07) is 18.7. The van der Waals surface area contributed by atoms with Gasteiger partial charge in [0.1, 0.15) is 16.5 Å². The van der Waals surface area contributed by atoms with Crippen LogP contribution in [0.3, 0.4) is 0 Å². The van der Waals surface area contributed by atoms with Crippen molar-refractivity contribution >= 4 is 51.6 Å². The molecule has 0 radical (unpaired) electrons. The number of aromatic nitrogens is 1. The molecule has 1 aromatic heterocycles. The number of nitrogens with zero attached hydrogens (tertiary/aromatic N) is 1. The van der Waals surface area contributed by atoms with Crippen LogP contribution in [0.25, 0.3) is 10.9 Å². The van der Waals surface area contributed by atoms with E-state index in [1.807, 2.05) is 6.07 Å². The molecule has 8 heteroatoms. The number of hydrogen-bond donors (Lipinski definition) is 1. The van der Waals surface area contributed by atoms with Crippen molar-refractivity contribution in [1.29, 1.82) is 0 Å². The van der Waals surface area contributed by atoms with E-state index in [0.29, 0.717) is 44.4 Å². The first-order chi connectivity index (χ1) is 16.3. The molecule has 34 heavy (non-hydrogen) atoms. The summed E-state index contributed by atoms with van der Waals surface area (Å²) in [5.74, 6) is 0.303. The number of nitrogens with two attached hydrogens (primary N) is 1. The molecule has 0 saturated heterocycles. The van der Waals surface area contributed by atoms with Crippen molar-refractivity contribution in [3.8, 4) is 11.5 Å². The van der Waals surface area contributed by atoms with Crippen LogP contribution in [0.15, 0.2) is 66.7 Å². The lowest BCUT2D eigenvalue weighted by Crippen LogP contribution is -2.15. The Morgan fingerprint density at radius 2 is 1.59 bits per heavy atom. The van der Waals surface area contributed by atoms with Crippen molar-refractivity contribution in [3.05, 3.63) is 94.1 Å². The Balaban J connectivity index is 1.70. The van der Waals surface area contributed by atoms with Crippen molar-refractivity contribution < 1.29 is 19.1 Å². The van der Waals surface area contributed by atoms with E-state index in [4.69, 9.17) is 39.0 Å². The van der Waals surface area contributed by atoms with Crippen molar-refractivity contribution in [2.45, 2.75) is 13.3 Å². The fraction of sp³-hybridized carbons (Fsp3) is 0.115. The van der Waals surface area contributed by atoms with E-state index in [9.17, 15) is 9.59 Å². The predicted molar refractivity (Wildman–Crippen MR) is 136 cm³/mol. The van der Waals surface area contributed by atoms with Gasteiger partial charge in [-0.15, -0.1) is 0 Å². The van der Waals surface area contributed by atoms with Crippen LogP contribution in [0.4, 0.5) is 0 Å². The van der Waals surface area contributed by atoms with Crippen molar-refractivity contribution in [3.63, 3.8) is 0 Å². The molecule has 6 nitrogen and oxygen atoms in total. The zero-order chi connectivity index (χ0) is 24.4. The second-order valence-corrected chi connectivity index (χ2v) is 8.51. The fourth-order valence-electron chi connectivity index (χ4n) is 3.79. The van der Waals surface area contributed by atoms with Crippen LogP contribution in [0.5, 0.6) is 11.5 Å². The molecular weight excluding hydrogens is 472 g/mol. The molecule has 0 amide bonds. The Bertz CT molecular complexity index is 1410. The van der Waals surface area contributed by atoms with E-state index < -0.39 is 5.97 Å². The molecule has 0 atom stereocenters. The van der Waals surface area contributed by atoms with E-state index in [2.05, 4.69) is 0 Å². The highest BCUT2D eigenvalue weighted by Crippen LogP contribution is 2.31. The number of halogens is 1. The van der Waals surface area contributed by atoms with Crippen molar-refractivity contribution in [2.24, 2.45) is 5.73 Å². The van der Waals surface area contributed by atoms with Gasteiger partial charge < -0.3 is 15.2 Å². The maximum atomic E-state index is 13.4. The SMILES string of the molecule is COc1ccc2c(c1)c(CC(=O)Oc1ccc(C(N)=S)cc1)c(C)n2C(=O)c1ccc(Cl)cc1. The zero-order valence-corrected chi connectivity index (χ0v) is 20.1. The normalized spacial score (nSPS) is 10.8. The summed E-state index contributed by atoms with van der Waals surface area (Å²) < 4.78 is 12.5. The molecule has 0 saturated carbocycles. The first-order valence-electron chi connectivity index (χ1n) is 10.4. The number of hydrogen-bond acceptors (Lipinski definition) is 5. The van der Waals surface area contributed by atoms with Crippen molar-refractivity contribution in [2.75, 3.05) is 7.11 Å². The molecule has 0 spiro atoms. The summed E-state index contributed by atoms with van der Waals surface area (Å²) in [7, 11) is 1.56. The first-order valence-corrected chi connectivity index (χ1v) is 11.2. The van der Waals surface area contributed by atoms with Crippen LogP contribution in [0.1, 0.15) is 27.2 Å². The number of esters is 1. The highest BCUT2D eigenvalue weighted by atomic mass is 35.5. The van der Waals surface area contributed by atoms with Gasteiger partial charge in [0.15, 0.2) is 0 Å². The smallest absolute Gasteiger partial charge is 0.315 e. The minimum Gasteiger partial charge on any atom is -0.497 e. The van der Waals surface area contributed by atoms with Gasteiger partial charge in [-0.3, -0.25) is 14.2 Å². The van der Waals surface area contributed by atoms with Gasteiger partial charge in [0.05, 0.1) is 19.0 Å². The zero-order valence-electron chi connectivity index (χ0n) is 18.5. The topological polar surface area (TPSA) is 83.5 Å². The molecule has 3 aromatic carbocycles. The molecule has 2 N–H and O–H groups in total. The number of carbonyl (C=O) groups excluding carboxylic acids is 2.